The zero-order valence-electron chi connectivity index (χ0n) is 9.64. The number of hydrogen-bond donors (Lipinski definition) is 1. The van der Waals surface area contributed by atoms with Crippen molar-refractivity contribution in [2.45, 2.75) is 17.7 Å². The minimum Gasteiger partial charge on any atom is -0.497 e. The van der Waals surface area contributed by atoms with Crippen LogP contribution in [0.25, 0.3) is 5.57 Å². The molecule has 0 radical (unpaired) electrons. The van der Waals surface area contributed by atoms with Crippen molar-refractivity contribution < 1.29 is 13.2 Å². The van der Waals surface area contributed by atoms with E-state index in [1.165, 1.54) is 5.41 Å². The molecule has 1 aromatic rings. The summed E-state index contributed by atoms with van der Waals surface area (Å²) >= 11 is 0. The zero-order chi connectivity index (χ0) is 12.5. The van der Waals surface area contributed by atoms with Crippen molar-refractivity contribution >= 4 is 15.4 Å². The Morgan fingerprint density at radius 3 is 2.76 bits per heavy atom. The van der Waals surface area contributed by atoms with E-state index in [-0.39, 0.29) is 0 Å². The van der Waals surface area contributed by atoms with Gasteiger partial charge in [0.1, 0.15) is 5.75 Å². The van der Waals surface area contributed by atoms with E-state index >= 15 is 0 Å². The Bertz CT molecular complexity index is 561. The number of benzene rings is 1. The Morgan fingerprint density at radius 1 is 1.35 bits per heavy atom. The molecule has 0 fully saturated rings. The van der Waals surface area contributed by atoms with E-state index in [0.29, 0.717) is 23.6 Å². The smallest absolute Gasteiger partial charge is 0.200 e. The van der Waals surface area contributed by atoms with Crippen LogP contribution in [0.15, 0.2) is 28.5 Å². The third-order valence-corrected chi connectivity index (χ3v) is 4.35. The van der Waals surface area contributed by atoms with E-state index in [1.807, 2.05) is 0 Å². The van der Waals surface area contributed by atoms with E-state index in [9.17, 15) is 8.42 Å². The summed E-state index contributed by atoms with van der Waals surface area (Å²) in [6.07, 6.45) is 1.45. The molecule has 5 heteroatoms. The van der Waals surface area contributed by atoms with Crippen LogP contribution in [0.3, 0.4) is 0 Å². The van der Waals surface area contributed by atoms with Crippen molar-refractivity contribution in [3.63, 3.8) is 0 Å². The van der Waals surface area contributed by atoms with Crippen LogP contribution in [0.5, 0.6) is 5.75 Å². The van der Waals surface area contributed by atoms with Crippen LogP contribution in [0.4, 0.5) is 0 Å². The second-order valence-corrected chi connectivity index (χ2v) is 5.71. The Labute approximate surface area is 101 Å². The van der Waals surface area contributed by atoms with Gasteiger partial charge in [-0.15, -0.1) is 0 Å². The molecular weight excluding hydrogens is 238 g/mol. The van der Waals surface area contributed by atoms with Gasteiger partial charge in [0.15, 0.2) is 0 Å². The van der Waals surface area contributed by atoms with Crippen molar-refractivity contribution in [1.82, 2.24) is 0 Å². The minimum absolute atomic E-state index is 0.366. The fourth-order valence-electron chi connectivity index (χ4n) is 1.94. The number of ether oxygens (including phenoxy) is 1. The summed E-state index contributed by atoms with van der Waals surface area (Å²) in [5.74, 6) is 0.666. The maximum atomic E-state index is 11.9. The van der Waals surface area contributed by atoms with E-state index in [4.69, 9.17) is 10.5 Å². The average molecular weight is 253 g/mol. The van der Waals surface area contributed by atoms with Gasteiger partial charge in [0.05, 0.1) is 12.0 Å². The monoisotopic (exact) mass is 253 g/mol. The topological polar surface area (TPSA) is 69.4 Å². The molecule has 0 saturated carbocycles. The van der Waals surface area contributed by atoms with Crippen LogP contribution in [-0.4, -0.2) is 22.1 Å². The van der Waals surface area contributed by atoms with Gasteiger partial charge in [0.2, 0.25) is 9.84 Å². The summed E-state index contributed by atoms with van der Waals surface area (Å²) in [6, 6.07) is 5.02. The lowest BCUT2D eigenvalue weighted by Gasteiger charge is -2.06. The third-order valence-electron chi connectivity index (χ3n) is 2.79. The summed E-state index contributed by atoms with van der Waals surface area (Å²) < 4.78 is 28.9. The molecule has 17 heavy (non-hydrogen) atoms. The van der Waals surface area contributed by atoms with E-state index in [2.05, 4.69) is 0 Å². The molecule has 0 bridgehead atoms. The number of sulfone groups is 1. The number of nitrogens with two attached hydrogens (primary N) is 1. The fourth-order valence-corrected chi connectivity index (χ4v) is 3.44. The summed E-state index contributed by atoms with van der Waals surface area (Å²) in [5.41, 5.74) is 7.02. The van der Waals surface area contributed by atoms with Gasteiger partial charge in [0, 0.05) is 11.0 Å². The van der Waals surface area contributed by atoms with Gasteiger partial charge in [-0.1, -0.05) is 0 Å². The lowest BCUT2D eigenvalue weighted by molar-refractivity contribution is 0.414. The van der Waals surface area contributed by atoms with Gasteiger partial charge < -0.3 is 10.5 Å². The highest BCUT2D eigenvalue weighted by molar-refractivity contribution is 7.95. The molecule has 92 valence electrons. The van der Waals surface area contributed by atoms with E-state index in [0.717, 1.165) is 17.6 Å². The Kier molecular flexibility index (Phi) is 3.22. The fraction of sp³-hybridized carbons (Fsp3) is 0.333. The molecule has 1 heterocycles. The largest absolute Gasteiger partial charge is 0.497 e. The predicted octanol–water partition coefficient (Wildman–Crippen LogP) is 1.56. The maximum absolute atomic E-state index is 11.9. The molecule has 1 aromatic carbocycles. The number of hydrogen-bond acceptors (Lipinski definition) is 4. The molecule has 4 nitrogen and oxygen atoms in total. The summed E-state index contributed by atoms with van der Waals surface area (Å²) in [7, 11) is -1.70. The first-order valence-corrected chi connectivity index (χ1v) is 6.97. The van der Waals surface area contributed by atoms with Gasteiger partial charge in [-0.2, -0.15) is 0 Å². The average Bonchev–Trinajstić information content (AvgIpc) is 2.58. The minimum atomic E-state index is -3.27. The highest BCUT2D eigenvalue weighted by Gasteiger charge is 2.26. The van der Waals surface area contributed by atoms with Gasteiger partial charge in [0.25, 0.3) is 0 Å². The van der Waals surface area contributed by atoms with E-state index < -0.39 is 9.84 Å². The zero-order valence-corrected chi connectivity index (χ0v) is 10.5. The number of methoxy groups -OCH3 is 1. The molecule has 0 unspecified atom stereocenters. The lowest BCUT2D eigenvalue weighted by Crippen LogP contribution is -1.98. The normalized spacial score (nSPS) is 16.5. The van der Waals surface area contributed by atoms with Gasteiger partial charge in [-0.25, -0.2) is 8.42 Å². The number of rotatable bonds is 4. The van der Waals surface area contributed by atoms with Crippen molar-refractivity contribution in [2.75, 3.05) is 13.7 Å². The van der Waals surface area contributed by atoms with Crippen LogP contribution < -0.4 is 10.5 Å². The third kappa shape index (κ3) is 2.21. The molecular formula is C12H15NO3S. The maximum Gasteiger partial charge on any atom is 0.200 e. The Hall–Kier alpha value is -1.33. The van der Waals surface area contributed by atoms with Crippen LogP contribution in [-0.2, 0) is 9.84 Å². The summed E-state index contributed by atoms with van der Waals surface area (Å²) in [6.45, 7) is 0.552. The van der Waals surface area contributed by atoms with Crippen LogP contribution in [0.1, 0.15) is 18.4 Å². The molecule has 0 aromatic heterocycles. The van der Waals surface area contributed by atoms with Crippen molar-refractivity contribution in [3.05, 3.63) is 29.2 Å². The Morgan fingerprint density at radius 2 is 2.12 bits per heavy atom. The lowest BCUT2D eigenvalue weighted by atomic mass is 10.0. The first-order valence-electron chi connectivity index (χ1n) is 5.42. The summed E-state index contributed by atoms with van der Waals surface area (Å²) in [5, 5.41) is 1.34. The SMILES string of the molecule is COc1ccc2c(c1)C(CCCN)=CS2(=O)=O. The van der Waals surface area contributed by atoms with Gasteiger partial charge >= 0.3 is 0 Å². The highest BCUT2D eigenvalue weighted by Crippen LogP contribution is 2.37. The van der Waals surface area contributed by atoms with Crippen LogP contribution in [0, 0.1) is 0 Å². The van der Waals surface area contributed by atoms with Crippen LogP contribution >= 0.6 is 0 Å². The molecule has 0 amide bonds. The van der Waals surface area contributed by atoms with Crippen molar-refractivity contribution in [2.24, 2.45) is 5.73 Å². The molecule has 0 saturated heterocycles. The van der Waals surface area contributed by atoms with Crippen molar-refractivity contribution in [3.8, 4) is 5.75 Å². The summed E-state index contributed by atoms with van der Waals surface area (Å²) in [4.78, 5) is 0.366. The van der Waals surface area contributed by atoms with Gasteiger partial charge in [-0.3, -0.25) is 0 Å². The second kappa shape index (κ2) is 4.50. The molecule has 2 rings (SSSR count). The molecule has 2 N–H and O–H groups in total. The first kappa shape index (κ1) is 12.1. The predicted molar refractivity (Wildman–Crippen MR) is 66.4 cm³/mol. The standard InChI is InChI=1S/C12H15NO3S/c1-16-10-4-5-12-11(7-10)9(3-2-6-13)8-17(12,14)15/h4-5,7-8H,2-3,6,13H2,1H3. The van der Waals surface area contributed by atoms with Crippen LogP contribution in [0.2, 0.25) is 0 Å². The number of allylic oxidation sites excluding steroid dienone is 1. The highest BCUT2D eigenvalue weighted by atomic mass is 32.2. The van der Waals surface area contributed by atoms with Gasteiger partial charge in [-0.05, 0) is 43.2 Å². The first-order chi connectivity index (χ1) is 8.08. The molecule has 0 spiro atoms. The quantitative estimate of drug-likeness (QED) is 0.884. The second-order valence-electron chi connectivity index (χ2n) is 3.94. The molecule has 0 aliphatic carbocycles. The molecule has 0 atom stereocenters. The Balaban J connectivity index is 2.47. The number of fused-ring (bicyclic) bond motifs is 1. The molecule has 1 aliphatic heterocycles. The molecule has 1 aliphatic rings. The van der Waals surface area contributed by atoms with E-state index in [1.54, 1.807) is 25.3 Å². The van der Waals surface area contributed by atoms with Crippen molar-refractivity contribution in [1.29, 1.82) is 0 Å².